The summed E-state index contributed by atoms with van der Waals surface area (Å²) in [5.74, 6) is 0.947. The van der Waals surface area contributed by atoms with Crippen molar-refractivity contribution in [3.8, 4) is 0 Å². The number of aryl methyl sites for hydroxylation is 1. The van der Waals surface area contributed by atoms with E-state index in [0.29, 0.717) is 0 Å². The molecular formula is C12H21NO2. The number of rotatable bonds is 5. The molecule has 1 aromatic heterocycles. The van der Waals surface area contributed by atoms with Gasteiger partial charge >= 0.3 is 0 Å². The number of aliphatic hydroxyl groups is 1. The van der Waals surface area contributed by atoms with Gasteiger partial charge in [-0.05, 0) is 38.8 Å². The van der Waals surface area contributed by atoms with Crippen LogP contribution < -0.4 is 5.32 Å². The Morgan fingerprint density at radius 1 is 1.60 bits per heavy atom. The molecule has 3 heteroatoms. The van der Waals surface area contributed by atoms with Crippen LogP contribution in [0, 0.1) is 6.92 Å². The van der Waals surface area contributed by atoms with Gasteiger partial charge < -0.3 is 14.8 Å². The lowest BCUT2D eigenvalue weighted by atomic mass is 9.98. The van der Waals surface area contributed by atoms with Crippen LogP contribution >= 0.6 is 0 Å². The molecule has 0 saturated heterocycles. The van der Waals surface area contributed by atoms with Gasteiger partial charge in [0.15, 0.2) is 0 Å². The Labute approximate surface area is 91.5 Å². The lowest BCUT2D eigenvalue weighted by molar-refractivity contribution is 0.155. The van der Waals surface area contributed by atoms with E-state index in [2.05, 4.69) is 19.2 Å². The number of hydrogen-bond donors (Lipinski definition) is 2. The minimum absolute atomic E-state index is 0.122. The van der Waals surface area contributed by atoms with Crippen LogP contribution in [0.25, 0.3) is 0 Å². The van der Waals surface area contributed by atoms with Crippen molar-refractivity contribution in [1.29, 1.82) is 0 Å². The van der Waals surface area contributed by atoms with Gasteiger partial charge in [0.25, 0.3) is 0 Å². The monoisotopic (exact) mass is 211 g/mol. The number of furan rings is 1. The van der Waals surface area contributed by atoms with E-state index in [1.54, 1.807) is 6.26 Å². The first-order valence-corrected chi connectivity index (χ1v) is 5.45. The van der Waals surface area contributed by atoms with Crippen molar-refractivity contribution in [3.05, 3.63) is 23.7 Å². The van der Waals surface area contributed by atoms with Crippen molar-refractivity contribution in [2.45, 2.75) is 45.7 Å². The number of hydrogen-bond acceptors (Lipinski definition) is 3. The molecule has 0 aliphatic carbocycles. The molecule has 0 spiro atoms. The molecule has 15 heavy (non-hydrogen) atoms. The summed E-state index contributed by atoms with van der Waals surface area (Å²) in [7, 11) is 0. The minimum atomic E-state index is -0.237. The average Bonchev–Trinajstić information content (AvgIpc) is 2.64. The van der Waals surface area contributed by atoms with E-state index >= 15 is 0 Å². The highest BCUT2D eigenvalue weighted by Gasteiger charge is 2.25. The summed E-state index contributed by atoms with van der Waals surface area (Å²) in [6.07, 6.45) is 2.58. The molecule has 0 radical (unpaired) electrons. The van der Waals surface area contributed by atoms with E-state index in [1.165, 1.54) is 0 Å². The average molecular weight is 211 g/mol. The summed E-state index contributed by atoms with van der Waals surface area (Å²) < 4.78 is 5.42. The summed E-state index contributed by atoms with van der Waals surface area (Å²) in [6, 6.07) is 2.08. The van der Waals surface area contributed by atoms with Crippen molar-refractivity contribution in [2.75, 3.05) is 6.61 Å². The Balaban J connectivity index is 2.71. The van der Waals surface area contributed by atoms with Crippen molar-refractivity contribution < 1.29 is 9.52 Å². The molecule has 0 bridgehead atoms. The largest absolute Gasteiger partial charge is 0.467 e. The molecule has 0 amide bonds. The second-order valence-corrected chi connectivity index (χ2v) is 4.41. The van der Waals surface area contributed by atoms with Gasteiger partial charge in [-0.2, -0.15) is 0 Å². The third-order valence-electron chi connectivity index (χ3n) is 2.99. The van der Waals surface area contributed by atoms with Crippen molar-refractivity contribution in [1.82, 2.24) is 5.32 Å². The summed E-state index contributed by atoms with van der Waals surface area (Å²) in [5, 5.41) is 12.7. The molecule has 0 aliphatic rings. The fourth-order valence-corrected chi connectivity index (χ4v) is 1.68. The SMILES string of the molecule is CCC(C)(CO)NC(C)c1occc1C. The molecule has 1 heterocycles. The Bertz CT molecular complexity index is 302. The molecule has 2 atom stereocenters. The first-order chi connectivity index (χ1) is 7.02. The highest BCUT2D eigenvalue weighted by atomic mass is 16.3. The van der Waals surface area contributed by atoms with Crippen LogP contribution in [0.4, 0.5) is 0 Å². The van der Waals surface area contributed by atoms with Crippen LogP contribution in [0.3, 0.4) is 0 Å². The van der Waals surface area contributed by atoms with E-state index in [4.69, 9.17) is 4.42 Å². The van der Waals surface area contributed by atoms with Crippen LogP contribution in [0.2, 0.25) is 0 Å². The van der Waals surface area contributed by atoms with Crippen LogP contribution in [-0.2, 0) is 0 Å². The maximum atomic E-state index is 9.31. The van der Waals surface area contributed by atoms with Crippen molar-refractivity contribution >= 4 is 0 Å². The maximum Gasteiger partial charge on any atom is 0.123 e. The zero-order valence-corrected chi connectivity index (χ0v) is 10.0. The zero-order valence-electron chi connectivity index (χ0n) is 10.0. The molecule has 2 unspecified atom stereocenters. The first-order valence-electron chi connectivity index (χ1n) is 5.45. The van der Waals surface area contributed by atoms with Gasteiger partial charge in [-0.25, -0.2) is 0 Å². The molecule has 0 saturated carbocycles. The molecule has 0 aliphatic heterocycles. The van der Waals surface area contributed by atoms with Crippen LogP contribution in [0.15, 0.2) is 16.7 Å². The maximum absolute atomic E-state index is 9.31. The van der Waals surface area contributed by atoms with E-state index in [1.807, 2.05) is 19.9 Å². The predicted molar refractivity (Wildman–Crippen MR) is 60.8 cm³/mol. The summed E-state index contributed by atoms with van der Waals surface area (Å²) in [5.41, 5.74) is 0.907. The summed E-state index contributed by atoms with van der Waals surface area (Å²) in [4.78, 5) is 0. The number of aliphatic hydroxyl groups excluding tert-OH is 1. The number of nitrogens with one attached hydrogen (secondary N) is 1. The standard InChI is InChI=1S/C12H21NO2/c1-5-12(4,8-14)13-10(3)11-9(2)6-7-15-11/h6-7,10,13-14H,5,8H2,1-4H3. The van der Waals surface area contributed by atoms with Gasteiger partial charge in [0, 0.05) is 5.54 Å². The molecule has 1 aromatic rings. The van der Waals surface area contributed by atoms with Crippen molar-refractivity contribution in [3.63, 3.8) is 0 Å². The normalized spacial score (nSPS) is 17.4. The third kappa shape index (κ3) is 2.83. The molecule has 3 nitrogen and oxygen atoms in total. The summed E-state index contributed by atoms with van der Waals surface area (Å²) >= 11 is 0. The topological polar surface area (TPSA) is 45.4 Å². The molecule has 2 N–H and O–H groups in total. The van der Waals surface area contributed by atoms with Crippen molar-refractivity contribution in [2.24, 2.45) is 0 Å². The van der Waals surface area contributed by atoms with E-state index in [-0.39, 0.29) is 18.2 Å². The van der Waals surface area contributed by atoms with Gasteiger partial charge in [0.2, 0.25) is 0 Å². The lowest BCUT2D eigenvalue weighted by Crippen LogP contribution is -2.46. The van der Waals surface area contributed by atoms with E-state index < -0.39 is 0 Å². The Morgan fingerprint density at radius 3 is 2.67 bits per heavy atom. The first kappa shape index (κ1) is 12.3. The Morgan fingerprint density at radius 2 is 2.27 bits per heavy atom. The Hall–Kier alpha value is -0.800. The molecule has 1 rings (SSSR count). The molecular weight excluding hydrogens is 190 g/mol. The highest BCUT2D eigenvalue weighted by molar-refractivity contribution is 5.18. The smallest absolute Gasteiger partial charge is 0.123 e. The van der Waals surface area contributed by atoms with E-state index in [0.717, 1.165) is 17.7 Å². The second kappa shape index (κ2) is 4.81. The van der Waals surface area contributed by atoms with Crippen LogP contribution in [0.1, 0.15) is 44.6 Å². The van der Waals surface area contributed by atoms with Crippen LogP contribution in [0.5, 0.6) is 0 Å². The second-order valence-electron chi connectivity index (χ2n) is 4.41. The molecule has 0 fully saturated rings. The summed E-state index contributed by atoms with van der Waals surface area (Å²) in [6.45, 7) is 8.29. The fraction of sp³-hybridized carbons (Fsp3) is 0.667. The van der Waals surface area contributed by atoms with E-state index in [9.17, 15) is 5.11 Å². The van der Waals surface area contributed by atoms with Gasteiger partial charge in [-0.15, -0.1) is 0 Å². The van der Waals surface area contributed by atoms with Gasteiger partial charge in [-0.1, -0.05) is 6.92 Å². The quantitative estimate of drug-likeness (QED) is 0.786. The molecule has 86 valence electrons. The highest BCUT2D eigenvalue weighted by Crippen LogP contribution is 2.21. The minimum Gasteiger partial charge on any atom is -0.467 e. The van der Waals surface area contributed by atoms with Gasteiger partial charge in [0.05, 0.1) is 18.9 Å². The van der Waals surface area contributed by atoms with Crippen LogP contribution in [-0.4, -0.2) is 17.3 Å². The zero-order chi connectivity index (χ0) is 11.5. The fourth-order valence-electron chi connectivity index (χ4n) is 1.68. The van der Waals surface area contributed by atoms with Gasteiger partial charge in [0.1, 0.15) is 5.76 Å². The third-order valence-corrected chi connectivity index (χ3v) is 2.99. The Kier molecular flexibility index (Phi) is 3.94. The van der Waals surface area contributed by atoms with Gasteiger partial charge in [-0.3, -0.25) is 0 Å². The molecule has 0 aromatic carbocycles. The lowest BCUT2D eigenvalue weighted by Gasteiger charge is -2.30. The predicted octanol–water partition coefficient (Wildman–Crippen LogP) is 2.40.